The molecule has 3 N–H and O–H groups in total. The van der Waals surface area contributed by atoms with Gasteiger partial charge in [0, 0.05) is 12.2 Å². The Morgan fingerprint density at radius 1 is 1.53 bits per heavy atom. The maximum Gasteiger partial charge on any atom is 0.233 e. The molecule has 104 valence electrons. The van der Waals surface area contributed by atoms with Gasteiger partial charge in [-0.3, -0.25) is 4.79 Å². The van der Waals surface area contributed by atoms with Gasteiger partial charge in [0.15, 0.2) is 11.6 Å². The Balaban J connectivity index is 2.22. The van der Waals surface area contributed by atoms with E-state index in [1.807, 2.05) is 6.92 Å². The van der Waals surface area contributed by atoms with Gasteiger partial charge in [-0.25, -0.2) is 4.98 Å². The predicted octanol–water partition coefficient (Wildman–Crippen LogP) is 1.67. The lowest BCUT2D eigenvalue weighted by molar-refractivity contribution is -0.126. The highest BCUT2D eigenvalue weighted by Crippen LogP contribution is 2.36. The molecule has 1 aromatic rings. The zero-order chi connectivity index (χ0) is 14.0. The summed E-state index contributed by atoms with van der Waals surface area (Å²) in [4.78, 5) is 16.7. The normalized spacial score (nSPS) is 22.7. The molecule has 0 saturated carbocycles. The van der Waals surface area contributed by atoms with Crippen LogP contribution in [0, 0.1) is 18.3 Å². The van der Waals surface area contributed by atoms with Gasteiger partial charge in [-0.15, -0.1) is 0 Å². The van der Waals surface area contributed by atoms with Gasteiger partial charge in [0.05, 0.1) is 5.41 Å². The van der Waals surface area contributed by atoms with Crippen molar-refractivity contribution in [1.29, 1.82) is 0 Å². The van der Waals surface area contributed by atoms with Crippen molar-refractivity contribution in [2.45, 2.75) is 27.2 Å². The Bertz CT molecular complexity index is 480. The summed E-state index contributed by atoms with van der Waals surface area (Å²) in [6.45, 7) is 7.44. The number of aromatic hydroxyl groups is 1. The van der Waals surface area contributed by atoms with Crippen LogP contribution in [-0.2, 0) is 4.79 Å². The maximum absolute atomic E-state index is 12.5. The molecule has 1 aromatic heterocycles. The smallest absolute Gasteiger partial charge is 0.233 e. The zero-order valence-electron chi connectivity index (χ0n) is 11.7. The zero-order valence-corrected chi connectivity index (χ0v) is 11.7. The van der Waals surface area contributed by atoms with Gasteiger partial charge in [0.2, 0.25) is 5.91 Å². The molecule has 1 aliphatic rings. The highest BCUT2D eigenvalue weighted by Gasteiger charge is 2.44. The van der Waals surface area contributed by atoms with Crippen molar-refractivity contribution in [2.24, 2.45) is 11.3 Å². The molecule has 1 amide bonds. The maximum atomic E-state index is 12.5. The van der Waals surface area contributed by atoms with Crippen LogP contribution in [0.2, 0.25) is 0 Å². The Kier molecular flexibility index (Phi) is 3.75. The number of hydrogen-bond donors (Lipinski definition) is 3. The second-order valence-electron chi connectivity index (χ2n) is 5.51. The number of hydrogen-bond acceptors (Lipinski definition) is 4. The van der Waals surface area contributed by atoms with Crippen LogP contribution in [0.15, 0.2) is 12.1 Å². The van der Waals surface area contributed by atoms with E-state index >= 15 is 0 Å². The Morgan fingerprint density at radius 2 is 2.26 bits per heavy atom. The fourth-order valence-corrected chi connectivity index (χ4v) is 2.53. The van der Waals surface area contributed by atoms with E-state index in [1.54, 1.807) is 12.1 Å². The minimum atomic E-state index is -0.419. The summed E-state index contributed by atoms with van der Waals surface area (Å²) in [5.41, 5.74) is 0.342. The van der Waals surface area contributed by atoms with Crippen LogP contribution >= 0.6 is 0 Å². The number of amides is 1. The third-order valence-corrected chi connectivity index (χ3v) is 3.99. The standard InChI is InChI=1S/C14H21N3O2/c1-9(2)14(6-7-15-8-14)13(19)17-12-11(18)5-4-10(3)16-12/h4-5,9,15,18H,6-8H2,1-3H3,(H,16,17,19). The molecule has 1 fully saturated rings. The average Bonchev–Trinajstić information content (AvgIpc) is 2.84. The number of aryl methyl sites for hydroxylation is 1. The van der Waals surface area contributed by atoms with E-state index in [1.165, 1.54) is 0 Å². The number of aromatic nitrogens is 1. The van der Waals surface area contributed by atoms with E-state index in [9.17, 15) is 9.90 Å². The molecule has 0 radical (unpaired) electrons. The molecule has 1 saturated heterocycles. The van der Waals surface area contributed by atoms with Gasteiger partial charge >= 0.3 is 0 Å². The molecular weight excluding hydrogens is 242 g/mol. The molecule has 2 rings (SSSR count). The number of nitrogens with one attached hydrogen (secondary N) is 2. The van der Waals surface area contributed by atoms with Crippen LogP contribution in [0.25, 0.3) is 0 Å². The van der Waals surface area contributed by atoms with Gasteiger partial charge < -0.3 is 15.7 Å². The molecule has 1 aliphatic heterocycles. The summed E-state index contributed by atoms with van der Waals surface area (Å²) in [6, 6.07) is 3.26. The van der Waals surface area contributed by atoms with Crippen LogP contribution in [-0.4, -0.2) is 29.1 Å². The van der Waals surface area contributed by atoms with Gasteiger partial charge in [-0.1, -0.05) is 13.8 Å². The van der Waals surface area contributed by atoms with Crippen LogP contribution < -0.4 is 10.6 Å². The van der Waals surface area contributed by atoms with Crippen molar-refractivity contribution < 1.29 is 9.90 Å². The fourth-order valence-electron chi connectivity index (χ4n) is 2.53. The molecule has 0 bridgehead atoms. The Morgan fingerprint density at radius 3 is 2.84 bits per heavy atom. The average molecular weight is 263 g/mol. The largest absolute Gasteiger partial charge is 0.504 e. The van der Waals surface area contributed by atoms with Crippen molar-refractivity contribution in [3.05, 3.63) is 17.8 Å². The molecule has 19 heavy (non-hydrogen) atoms. The summed E-state index contributed by atoms with van der Waals surface area (Å²) in [6.07, 6.45) is 0.809. The summed E-state index contributed by atoms with van der Waals surface area (Å²) < 4.78 is 0. The van der Waals surface area contributed by atoms with Crippen molar-refractivity contribution in [3.63, 3.8) is 0 Å². The highest BCUT2D eigenvalue weighted by atomic mass is 16.3. The van der Waals surface area contributed by atoms with Crippen LogP contribution in [0.4, 0.5) is 5.82 Å². The van der Waals surface area contributed by atoms with Crippen molar-refractivity contribution in [3.8, 4) is 5.75 Å². The Labute approximate surface area is 113 Å². The molecular formula is C14H21N3O2. The lowest BCUT2D eigenvalue weighted by Gasteiger charge is -2.30. The quantitative estimate of drug-likeness (QED) is 0.775. The van der Waals surface area contributed by atoms with Gasteiger partial charge in [-0.05, 0) is 37.9 Å². The molecule has 1 unspecified atom stereocenters. The monoisotopic (exact) mass is 263 g/mol. The van der Waals surface area contributed by atoms with Crippen LogP contribution in [0.3, 0.4) is 0 Å². The first-order valence-electron chi connectivity index (χ1n) is 6.64. The summed E-state index contributed by atoms with van der Waals surface area (Å²) in [5.74, 6) is 0.413. The third-order valence-electron chi connectivity index (χ3n) is 3.99. The molecule has 1 atom stereocenters. The van der Waals surface area contributed by atoms with E-state index in [0.29, 0.717) is 6.54 Å². The topological polar surface area (TPSA) is 74.2 Å². The number of anilines is 1. The van der Waals surface area contributed by atoms with E-state index in [0.717, 1.165) is 18.7 Å². The SMILES string of the molecule is Cc1ccc(O)c(NC(=O)C2(C(C)C)CCNC2)n1. The number of carbonyl (C=O) groups excluding carboxylic acids is 1. The van der Waals surface area contributed by atoms with Crippen molar-refractivity contribution in [1.82, 2.24) is 10.3 Å². The van der Waals surface area contributed by atoms with Crippen molar-refractivity contribution >= 4 is 11.7 Å². The summed E-state index contributed by atoms with van der Waals surface area (Å²) >= 11 is 0. The number of nitrogens with zero attached hydrogens (tertiary/aromatic N) is 1. The lowest BCUT2D eigenvalue weighted by Crippen LogP contribution is -2.42. The number of carbonyl (C=O) groups is 1. The Hall–Kier alpha value is -1.62. The lowest BCUT2D eigenvalue weighted by atomic mass is 9.75. The number of pyridine rings is 1. The summed E-state index contributed by atoms with van der Waals surface area (Å²) in [5, 5.41) is 15.8. The van der Waals surface area contributed by atoms with Gasteiger partial charge in [0.25, 0.3) is 0 Å². The van der Waals surface area contributed by atoms with E-state index in [-0.39, 0.29) is 23.4 Å². The second kappa shape index (κ2) is 5.17. The van der Waals surface area contributed by atoms with Gasteiger partial charge in [0.1, 0.15) is 0 Å². The third kappa shape index (κ3) is 2.56. The van der Waals surface area contributed by atoms with Crippen molar-refractivity contribution in [2.75, 3.05) is 18.4 Å². The minimum absolute atomic E-state index is 0.00353. The first-order chi connectivity index (χ1) is 8.95. The molecule has 2 heterocycles. The van der Waals surface area contributed by atoms with Crippen LogP contribution in [0.1, 0.15) is 26.0 Å². The van der Waals surface area contributed by atoms with E-state index in [2.05, 4.69) is 29.5 Å². The number of rotatable bonds is 3. The molecule has 0 aliphatic carbocycles. The second-order valence-corrected chi connectivity index (χ2v) is 5.51. The van der Waals surface area contributed by atoms with Gasteiger partial charge in [-0.2, -0.15) is 0 Å². The fraction of sp³-hybridized carbons (Fsp3) is 0.571. The summed E-state index contributed by atoms with van der Waals surface area (Å²) in [7, 11) is 0. The molecule has 5 heteroatoms. The predicted molar refractivity (Wildman–Crippen MR) is 74.0 cm³/mol. The first-order valence-corrected chi connectivity index (χ1v) is 6.64. The molecule has 0 spiro atoms. The minimum Gasteiger partial charge on any atom is -0.504 e. The first kappa shape index (κ1) is 13.8. The highest BCUT2D eigenvalue weighted by molar-refractivity contribution is 5.96. The molecule has 5 nitrogen and oxygen atoms in total. The van der Waals surface area contributed by atoms with E-state index in [4.69, 9.17) is 0 Å². The molecule has 0 aromatic carbocycles. The van der Waals surface area contributed by atoms with E-state index < -0.39 is 5.41 Å². The van der Waals surface area contributed by atoms with Crippen LogP contribution in [0.5, 0.6) is 5.75 Å².